The zero-order valence-corrected chi connectivity index (χ0v) is 14.6. The number of carbonyl (C=O) groups excluding carboxylic acids is 1. The van der Waals surface area contributed by atoms with Crippen LogP contribution in [0.15, 0.2) is 36.5 Å². The van der Waals surface area contributed by atoms with Crippen LogP contribution in [0.4, 0.5) is 4.39 Å². The van der Waals surface area contributed by atoms with Crippen LogP contribution in [0.25, 0.3) is 5.69 Å². The Labute approximate surface area is 152 Å². The van der Waals surface area contributed by atoms with Crippen LogP contribution < -0.4 is 10.6 Å². The summed E-state index contributed by atoms with van der Waals surface area (Å²) in [5.41, 5.74) is 1.67. The van der Waals surface area contributed by atoms with Gasteiger partial charge in [0.05, 0.1) is 24.6 Å². The summed E-state index contributed by atoms with van der Waals surface area (Å²) in [6, 6.07) is 8.14. The molecular weight excluding hydrogens is 347 g/mol. The predicted octanol–water partition coefficient (Wildman–Crippen LogP) is 1.47. The molecule has 136 valence electrons. The second-order valence-corrected chi connectivity index (χ2v) is 5.76. The molecule has 0 spiro atoms. The molecule has 1 aromatic carbocycles. The Balaban J connectivity index is 0.00000225. The molecule has 1 unspecified atom stereocenters. The average Bonchev–Trinajstić information content (AvgIpc) is 3.05. The maximum atomic E-state index is 12.9. The summed E-state index contributed by atoms with van der Waals surface area (Å²) in [6.45, 7) is 2.61. The van der Waals surface area contributed by atoms with Crippen LogP contribution in [0.1, 0.15) is 12.1 Å². The van der Waals surface area contributed by atoms with Crippen molar-refractivity contribution in [1.82, 2.24) is 20.4 Å². The summed E-state index contributed by atoms with van der Waals surface area (Å²) in [5, 5.41) is 10.6. The van der Waals surface area contributed by atoms with Crippen molar-refractivity contribution in [2.75, 3.05) is 26.3 Å². The molecule has 1 aromatic heterocycles. The second kappa shape index (κ2) is 9.50. The first-order valence-corrected chi connectivity index (χ1v) is 8.09. The van der Waals surface area contributed by atoms with Gasteiger partial charge in [0, 0.05) is 38.2 Å². The van der Waals surface area contributed by atoms with Crippen LogP contribution in [0.5, 0.6) is 0 Å². The van der Waals surface area contributed by atoms with E-state index in [2.05, 4.69) is 15.7 Å². The number of carbonyl (C=O) groups is 1. The third-order valence-corrected chi connectivity index (χ3v) is 3.87. The molecular formula is C17H22ClFN4O2. The van der Waals surface area contributed by atoms with Gasteiger partial charge in [-0.2, -0.15) is 5.10 Å². The molecule has 6 nitrogen and oxygen atoms in total. The minimum Gasteiger partial charge on any atom is -0.378 e. The molecule has 1 amide bonds. The summed E-state index contributed by atoms with van der Waals surface area (Å²) in [7, 11) is 0. The predicted molar refractivity (Wildman–Crippen MR) is 94.7 cm³/mol. The van der Waals surface area contributed by atoms with Gasteiger partial charge in [-0.1, -0.05) is 0 Å². The minimum atomic E-state index is -0.272. The normalized spacial score (nSPS) is 16.9. The van der Waals surface area contributed by atoms with Gasteiger partial charge in [0.1, 0.15) is 5.82 Å². The molecule has 2 aromatic rings. The Kier molecular flexibility index (Phi) is 7.36. The topological polar surface area (TPSA) is 68.2 Å². The third-order valence-electron chi connectivity index (χ3n) is 3.87. The molecule has 2 N–H and O–H groups in total. The number of nitrogens with one attached hydrogen (secondary N) is 2. The first-order valence-electron chi connectivity index (χ1n) is 8.09. The fourth-order valence-corrected chi connectivity index (χ4v) is 2.61. The standard InChI is InChI=1S/C17H21FN4O2.ClH/c18-13-1-3-16(4-2-13)22-9-6-14(21-22)5-7-20-17(23)11-15-12-24-10-8-19-15;/h1-4,6,9,15,19H,5,7-8,10-12H2,(H,20,23);1H. The van der Waals surface area contributed by atoms with Crippen LogP contribution in [-0.2, 0) is 16.0 Å². The number of morpholine rings is 1. The van der Waals surface area contributed by atoms with Crippen molar-refractivity contribution in [1.29, 1.82) is 0 Å². The first kappa shape index (κ1) is 19.4. The number of hydrogen-bond donors (Lipinski definition) is 2. The summed E-state index contributed by atoms with van der Waals surface area (Å²) < 4.78 is 20.0. The quantitative estimate of drug-likeness (QED) is 0.810. The largest absolute Gasteiger partial charge is 0.378 e. The highest BCUT2D eigenvalue weighted by molar-refractivity contribution is 5.85. The van der Waals surface area contributed by atoms with Crippen LogP contribution in [0, 0.1) is 5.82 Å². The number of halogens is 2. The van der Waals surface area contributed by atoms with E-state index < -0.39 is 0 Å². The van der Waals surface area contributed by atoms with Gasteiger partial charge in [0.15, 0.2) is 0 Å². The molecule has 1 aliphatic heterocycles. The molecule has 0 bridgehead atoms. The van der Waals surface area contributed by atoms with Gasteiger partial charge in [-0.25, -0.2) is 9.07 Å². The van der Waals surface area contributed by atoms with Gasteiger partial charge in [0.25, 0.3) is 0 Å². The number of ether oxygens (including phenoxy) is 1. The molecule has 1 fully saturated rings. The highest BCUT2D eigenvalue weighted by Gasteiger charge is 2.16. The Bertz CT molecular complexity index is 672. The second-order valence-electron chi connectivity index (χ2n) is 5.76. The number of nitrogens with zero attached hydrogens (tertiary/aromatic N) is 2. The first-order chi connectivity index (χ1) is 11.7. The molecule has 1 saturated heterocycles. The number of rotatable bonds is 6. The van der Waals surface area contributed by atoms with Gasteiger partial charge in [-0.05, 0) is 30.3 Å². The number of aromatic nitrogens is 2. The van der Waals surface area contributed by atoms with E-state index in [1.165, 1.54) is 12.1 Å². The van der Waals surface area contributed by atoms with Crippen molar-refractivity contribution in [2.24, 2.45) is 0 Å². The lowest BCUT2D eigenvalue weighted by Gasteiger charge is -2.23. The van der Waals surface area contributed by atoms with Crippen molar-refractivity contribution < 1.29 is 13.9 Å². The van der Waals surface area contributed by atoms with Gasteiger partial charge >= 0.3 is 0 Å². The zero-order valence-electron chi connectivity index (χ0n) is 13.8. The molecule has 3 rings (SSSR count). The van der Waals surface area contributed by atoms with Gasteiger partial charge < -0.3 is 15.4 Å². The van der Waals surface area contributed by atoms with Crippen LogP contribution in [0.2, 0.25) is 0 Å². The SMILES string of the molecule is Cl.O=C(CC1COCCN1)NCCc1ccn(-c2ccc(F)cc2)n1. The van der Waals surface area contributed by atoms with Crippen molar-refractivity contribution in [2.45, 2.75) is 18.9 Å². The molecule has 1 aliphatic rings. The Hall–Kier alpha value is -1.96. The number of hydrogen-bond acceptors (Lipinski definition) is 4. The van der Waals surface area contributed by atoms with Crippen LogP contribution in [-0.4, -0.2) is 48.0 Å². The summed E-state index contributed by atoms with van der Waals surface area (Å²) in [6.07, 6.45) is 2.90. The molecule has 0 radical (unpaired) electrons. The van der Waals surface area contributed by atoms with Gasteiger partial charge in [-0.3, -0.25) is 4.79 Å². The van der Waals surface area contributed by atoms with E-state index >= 15 is 0 Å². The average molecular weight is 369 g/mol. The molecule has 25 heavy (non-hydrogen) atoms. The van der Waals surface area contributed by atoms with E-state index in [9.17, 15) is 9.18 Å². The lowest BCUT2D eigenvalue weighted by Crippen LogP contribution is -2.44. The lowest BCUT2D eigenvalue weighted by molar-refractivity contribution is -0.122. The van der Waals surface area contributed by atoms with E-state index in [1.807, 2.05) is 12.3 Å². The van der Waals surface area contributed by atoms with Crippen molar-refractivity contribution in [3.8, 4) is 5.69 Å². The number of amides is 1. The maximum absolute atomic E-state index is 12.9. The van der Waals surface area contributed by atoms with Gasteiger partial charge in [-0.15, -0.1) is 12.4 Å². The Morgan fingerprint density at radius 1 is 1.36 bits per heavy atom. The summed E-state index contributed by atoms with van der Waals surface area (Å²) in [5.74, 6) is -0.261. The van der Waals surface area contributed by atoms with Crippen molar-refractivity contribution in [3.05, 3.63) is 48.0 Å². The zero-order chi connectivity index (χ0) is 16.8. The molecule has 0 saturated carbocycles. The van der Waals surface area contributed by atoms with Crippen LogP contribution in [0.3, 0.4) is 0 Å². The monoisotopic (exact) mass is 368 g/mol. The Morgan fingerprint density at radius 2 is 2.16 bits per heavy atom. The van der Waals surface area contributed by atoms with Gasteiger partial charge in [0.2, 0.25) is 5.91 Å². The van der Waals surface area contributed by atoms with Crippen molar-refractivity contribution >= 4 is 18.3 Å². The molecule has 8 heteroatoms. The smallest absolute Gasteiger partial charge is 0.221 e. The Morgan fingerprint density at radius 3 is 2.88 bits per heavy atom. The summed E-state index contributed by atoms with van der Waals surface area (Å²) >= 11 is 0. The highest BCUT2D eigenvalue weighted by atomic mass is 35.5. The summed E-state index contributed by atoms with van der Waals surface area (Å²) in [4.78, 5) is 11.9. The fourth-order valence-electron chi connectivity index (χ4n) is 2.61. The molecule has 1 atom stereocenters. The highest BCUT2D eigenvalue weighted by Crippen LogP contribution is 2.09. The number of benzene rings is 1. The maximum Gasteiger partial charge on any atom is 0.221 e. The fraction of sp³-hybridized carbons (Fsp3) is 0.412. The molecule has 2 heterocycles. The molecule has 0 aliphatic carbocycles. The minimum absolute atomic E-state index is 0. The van der Waals surface area contributed by atoms with E-state index in [-0.39, 0.29) is 30.2 Å². The van der Waals surface area contributed by atoms with E-state index in [4.69, 9.17) is 4.74 Å². The lowest BCUT2D eigenvalue weighted by atomic mass is 10.2. The van der Waals surface area contributed by atoms with E-state index in [1.54, 1.807) is 16.8 Å². The van der Waals surface area contributed by atoms with Crippen molar-refractivity contribution in [3.63, 3.8) is 0 Å². The van der Waals surface area contributed by atoms with Crippen LogP contribution >= 0.6 is 12.4 Å². The van der Waals surface area contributed by atoms with E-state index in [0.717, 1.165) is 17.9 Å². The third kappa shape index (κ3) is 5.81. The van der Waals surface area contributed by atoms with E-state index in [0.29, 0.717) is 32.6 Å².